The first kappa shape index (κ1) is 16.3. The Morgan fingerprint density at radius 2 is 1.75 bits per heavy atom. The van der Waals surface area contributed by atoms with Crippen LogP contribution in [0, 0.1) is 6.92 Å². The van der Waals surface area contributed by atoms with Gasteiger partial charge in [0.2, 0.25) is 0 Å². The van der Waals surface area contributed by atoms with E-state index >= 15 is 0 Å². The molecule has 1 aromatic rings. The molecule has 0 unspecified atom stereocenters. The Kier molecular flexibility index (Phi) is 6.87. The summed E-state index contributed by atoms with van der Waals surface area (Å²) in [6.07, 6.45) is 1.09. The maximum Gasteiger partial charge on any atom is 0.251 e. The Morgan fingerprint density at radius 1 is 1.10 bits per heavy atom. The maximum atomic E-state index is 12.1. The van der Waals surface area contributed by atoms with Gasteiger partial charge in [-0.05, 0) is 37.6 Å². The molecule has 20 heavy (non-hydrogen) atoms. The summed E-state index contributed by atoms with van der Waals surface area (Å²) in [6, 6.07) is 3.52. The second-order valence-electron chi connectivity index (χ2n) is 4.53. The van der Waals surface area contributed by atoms with Gasteiger partial charge in [0.15, 0.2) is 11.5 Å². The third kappa shape index (κ3) is 4.42. The third-order valence-corrected chi connectivity index (χ3v) is 2.99. The van der Waals surface area contributed by atoms with E-state index in [4.69, 9.17) is 9.47 Å². The summed E-state index contributed by atoms with van der Waals surface area (Å²) in [5, 5.41) is 6.13. The lowest BCUT2D eigenvalue weighted by Gasteiger charge is -2.13. The number of ether oxygens (including phenoxy) is 2. The van der Waals surface area contributed by atoms with Crippen molar-refractivity contribution in [3.05, 3.63) is 23.3 Å². The molecule has 0 spiro atoms. The first-order valence-corrected chi connectivity index (χ1v) is 6.85. The van der Waals surface area contributed by atoms with E-state index in [1.54, 1.807) is 20.3 Å². The molecule has 0 atom stereocenters. The van der Waals surface area contributed by atoms with Crippen LogP contribution < -0.4 is 20.1 Å². The molecule has 1 rings (SSSR count). The fraction of sp³-hybridized carbons (Fsp3) is 0.533. The van der Waals surface area contributed by atoms with Crippen molar-refractivity contribution in [2.45, 2.75) is 20.3 Å². The molecular weight excluding hydrogens is 256 g/mol. The second-order valence-corrected chi connectivity index (χ2v) is 4.53. The summed E-state index contributed by atoms with van der Waals surface area (Å²) in [5.74, 6) is 1.10. The normalized spacial score (nSPS) is 10.2. The summed E-state index contributed by atoms with van der Waals surface area (Å²) in [4.78, 5) is 12.1. The number of amides is 1. The zero-order valence-electron chi connectivity index (χ0n) is 12.7. The fourth-order valence-electron chi connectivity index (χ4n) is 1.89. The Balaban J connectivity index is 2.68. The number of nitrogens with one attached hydrogen (secondary N) is 2. The van der Waals surface area contributed by atoms with Gasteiger partial charge in [0.05, 0.1) is 14.2 Å². The summed E-state index contributed by atoms with van der Waals surface area (Å²) in [7, 11) is 3.14. The average Bonchev–Trinajstić information content (AvgIpc) is 2.46. The highest BCUT2D eigenvalue weighted by atomic mass is 16.5. The number of carbonyl (C=O) groups excluding carboxylic acids is 1. The average molecular weight is 280 g/mol. The molecule has 0 radical (unpaired) electrons. The minimum Gasteiger partial charge on any atom is -0.493 e. The van der Waals surface area contributed by atoms with Crippen molar-refractivity contribution in [1.29, 1.82) is 0 Å². The van der Waals surface area contributed by atoms with Crippen molar-refractivity contribution in [2.75, 3.05) is 33.9 Å². The predicted octanol–water partition coefficient (Wildman–Crippen LogP) is 1.74. The van der Waals surface area contributed by atoms with E-state index in [1.807, 2.05) is 13.0 Å². The lowest BCUT2D eigenvalue weighted by Crippen LogP contribution is -2.32. The van der Waals surface area contributed by atoms with E-state index < -0.39 is 0 Å². The molecule has 0 aliphatic heterocycles. The van der Waals surface area contributed by atoms with Crippen LogP contribution in [0.1, 0.15) is 29.3 Å². The number of carbonyl (C=O) groups is 1. The summed E-state index contributed by atoms with van der Waals surface area (Å²) >= 11 is 0. The molecule has 0 saturated heterocycles. The summed E-state index contributed by atoms with van der Waals surface area (Å²) < 4.78 is 10.4. The molecule has 1 aromatic carbocycles. The zero-order chi connectivity index (χ0) is 15.0. The monoisotopic (exact) mass is 280 g/mol. The minimum absolute atomic E-state index is 0.0956. The van der Waals surface area contributed by atoms with Gasteiger partial charge in [0.1, 0.15) is 0 Å². The number of aryl methyl sites for hydroxylation is 1. The van der Waals surface area contributed by atoms with Gasteiger partial charge >= 0.3 is 0 Å². The van der Waals surface area contributed by atoms with E-state index in [0.29, 0.717) is 23.6 Å². The first-order valence-electron chi connectivity index (χ1n) is 6.85. The van der Waals surface area contributed by atoms with Gasteiger partial charge in [0.25, 0.3) is 5.91 Å². The van der Waals surface area contributed by atoms with Crippen LogP contribution in [0.15, 0.2) is 12.1 Å². The Labute approximate surface area is 120 Å². The maximum absolute atomic E-state index is 12.1. The zero-order valence-corrected chi connectivity index (χ0v) is 12.7. The van der Waals surface area contributed by atoms with E-state index in [9.17, 15) is 4.79 Å². The van der Waals surface area contributed by atoms with Gasteiger partial charge in [0, 0.05) is 18.7 Å². The topological polar surface area (TPSA) is 59.6 Å². The van der Waals surface area contributed by atoms with Crippen LogP contribution in [0.3, 0.4) is 0 Å². The van der Waals surface area contributed by atoms with Crippen LogP contribution in [0.5, 0.6) is 11.5 Å². The quantitative estimate of drug-likeness (QED) is 0.712. The predicted molar refractivity (Wildman–Crippen MR) is 79.8 cm³/mol. The number of benzene rings is 1. The molecule has 0 fully saturated rings. The van der Waals surface area contributed by atoms with Crippen molar-refractivity contribution in [3.63, 3.8) is 0 Å². The second kappa shape index (κ2) is 8.43. The van der Waals surface area contributed by atoms with Crippen molar-refractivity contribution in [3.8, 4) is 11.5 Å². The molecule has 0 aromatic heterocycles. The molecule has 5 heteroatoms. The highest BCUT2D eigenvalue weighted by Crippen LogP contribution is 2.30. The molecular formula is C15H24N2O3. The van der Waals surface area contributed by atoms with Crippen LogP contribution in [0.2, 0.25) is 0 Å². The molecule has 0 aliphatic rings. The van der Waals surface area contributed by atoms with Crippen LogP contribution in [0.4, 0.5) is 0 Å². The van der Waals surface area contributed by atoms with Crippen molar-refractivity contribution >= 4 is 5.91 Å². The van der Waals surface area contributed by atoms with Crippen molar-refractivity contribution in [1.82, 2.24) is 10.6 Å². The standard InChI is InChI=1S/C15H24N2O3/c1-5-6-16-7-8-17-15(18)12-10-14(20-4)13(19-3)9-11(12)2/h9-10,16H,5-8H2,1-4H3,(H,17,18). The SMILES string of the molecule is CCCNCCNC(=O)c1cc(OC)c(OC)cc1C. The van der Waals surface area contributed by atoms with Gasteiger partial charge in [-0.3, -0.25) is 4.79 Å². The smallest absolute Gasteiger partial charge is 0.251 e. The van der Waals surface area contributed by atoms with Crippen LogP contribution in [-0.4, -0.2) is 39.8 Å². The molecule has 2 N–H and O–H groups in total. The fourth-order valence-corrected chi connectivity index (χ4v) is 1.89. The van der Waals surface area contributed by atoms with Gasteiger partial charge in [-0.15, -0.1) is 0 Å². The Bertz CT molecular complexity index is 447. The molecule has 5 nitrogen and oxygen atoms in total. The minimum atomic E-state index is -0.0956. The van der Waals surface area contributed by atoms with Gasteiger partial charge in [-0.1, -0.05) is 6.92 Å². The third-order valence-electron chi connectivity index (χ3n) is 2.99. The molecule has 112 valence electrons. The van der Waals surface area contributed by atoms with Crippen molar-refractivity contribution < 1.29 is 14.3 Å². The number of rotatable bonds is 8. The molecule has 0 bridgehead atoms. The molecule has 0 heterocycles. The van der Waals surface area contributed by atoms with Crippen LogP contribution in [-0.2, 0) is 0 Å². The number of methoxy groups -OCH3 is 2. The summed E-state index contributed by atoms with van der Waals surface area (Å²) in [6.45, 7) is 6.33. The lowest BCUT2D eigenvalue weighted by molar-refractivity contribution is 0.0953. The van der Waals surface area contributed by atoms with Crippen LogP contribution >= 0.6 is 0 Å². The largest absolute Gasteiger partial charge is 0.493 e. The van der Waals surface area contributed by atoms with Gasteiger partial charge in [-0.25, -0.2) is 0 Å². The van der Waals surface area contributed by atoms with Gasteiger partial charge in [-0.2, -0.15) is 0 Å². The lowest BCUT2D eigenvalue weighted by atomic mass is 10.1. The summed E-state index contributed by atoms with van der Waals surface area (Å²) in [5.41, 5.74) is 1.47. The molecule has 0 aliphatic carbocycles. The molecule has 0 saturated carbocycles. The number of hydrogen-bond donors (Lipinski definition) is 2. The highest BCUT2D eigenvalue weighted by Gasteiger charge is 2.13. The number of hydrogen-bond acceptors (Lipinski definition) is 4. The first-order chi connectivity index (χ1) is 9.63. The van der Waals surface area contributed by atoms with Gasteiger partial charge < -0.3 is 20.1 Å². The van der Waals surface area contributed by atoms with E-state index in [-0.39, 0.29) is 5.91 Å². The Morgan fingerprint density at radius 3 is 2.35 bits per heavy atom. The Hall–Kier alpha value is -1.75. The van der Waals surface area contributed by atoms with Crippen LogP contribution in [0.25, 0.3) is 0 Å². The highest BCUT2D eigenvalue weighted by molar-refractivity contribution is 5.96. The van der Waals surface area contributed by atoms with E-state index in [2.05, 4.69) is 17.6 Å². The molecule has 1 amide bonds. The van der Waals surface area contributed by atoms with Crippen molar-refractivity contribution in [2.24, 2.45) is 0 Å². The van der Waals surface area contributed by atoms with E-state index in [0.717, 1.165) is 25.1 Å². The van der Waals surface area contributed by atoms with E-state index in [1.165, 1.54) is 0 Å².